The van der Waals surface area contributed by atoms with Crippen LogP contribution < -0.4 is 9.47 Å². The summed E-state index contributed by atoms with van der Waals surface area (Å²) in [4.78, 5) is 85.5. The number of carbonyl (C=O) groups excluding carboxylic acids is 6. The van der Waals surface area contributed by atoms with Crippen molar-refractivity contribution in [3.05, 3.63) is 204 Å². The second-order valence-corrected chi connectivity index (χ2v) is 20.7. The first-order valence-corrected chi connectivity index (χ1v) is 28.3. The van der Waals surface area contributed by atoms with E-state index in [9.17, 15) is 57.1 Å². The maximum atomic E-state index is 14.5. The van der Waals surface area contributed by atoms with Crippen molar-refractivity contribution in [2.24, 2.45) is 0 Å². The zero-order valence-corrected chi connectivity index (χ0v) is 47.3. The predicted molar refractivity (Wildman–Crippen MR) is 296 cm³/mol. The molecule has 27 heteroatoms. The van der Waals surface area contributed by atoms with Crippen LogP contribution in [0.3, 0.4) is 0 Å². The number of aliphatic hydroxyl groups excluding tert-OH is 3. The number of hydrogen-bond acceptors (Lipinski definition) is 25. The van der Waals surface area contributed by atoms with Gasteiger partial charge in [-0.25, -0.2) is 33.0 Å². The summed E-state index contributed by atoms with van der Waals surface area (Å²) < 4.78 is 117. The van der Waals surface area contributed by atoms with E-state index in [1.54, 1.807) is 30.3 Å². The third-order valence-electron chi connectivity index (χ3n) is 13.9. The van der Waals surface area contributed by atoms with E-state index in [4.69, 9.17) is 61.6 Å². The third-order valence-corrected chi connectivity index (χ3v) is 14.3. The van der Waals surface area contributed by atoms with Gasteiger partial charge in [-0.05, 0) is 84.9 Å². The first-order chi connectivity index (χ1) is 42.4. The first-order valence-electron chi connectivity index (χ1n) is 27.0. The molecule has 3 heterocycles. The monoisotopic (exact) mass is 1240 g/mol. The van der Waals surface area contributed by atoms with Crippen molar-refractivity contribution in [1.82, 2.24) is 0 Å². The Morgan fingerprint density at radius 1 is 0.432 bits per heavy atom. The summed E-state index contributed by atoms with van der Waals surface area (Å²) in [6.07, 6.45) is -31.8. The summed E-state index contributed by atoms with van der Waals surface area (Å²) in [6.45, 7) is -2.28. The quantitative estimate of drug-likeness (QED) is 0.0426. The van der Waals surface area contributed by atoms with E-state index < -0.39 is 152 Å². The lowest BCUT2D eigenvalue weighted by atomic mass is 9.95. The molecule has 0 radical (unpaired) electrons. The minimum Gasteiger partial charge on any atom is -0.497 e. The number of esters is 6. The fraction of sp³-hybridized carbons (Fsp3) is 0.311. The van der Waals surface area contributed by atoms with Gasteiger partial charge in [0.25, 0.3) is 0 Å². The van der Waals surface area contributed by atoms with Crippen molar-refractivity contribution < 1.29 is 123 Å². The second kappa shape index (κ2) is 29.3. The number of hydrogen-bond donors (Lipinski definition) is 4. The van der Waals surface area contributed by atoms with Crippen LogP contribution in [0.5, 0.6) is 11.5 Å². The summed E-state index contributed by atoms with van der Waals surface area (Å²) in [7, 11) is -2.92. The van der Waals surface area contributed by atoms with E-state index >= 15 is 0 Å². The van der Waals surface area contributed by atoms with Crippen molar-refractivity contribution in [2.75, 3.05) is 27.4 Å². The van der Waals surface area contributed by atoms with Crippen molar-refractivity contribution in [3.63, 3.8) is 0 Å². The SMILES string of the molecule is COC(=O)[C@H]1O[C@@H](O[C@H]2[C@@H](O)[C@@H](CO)O[C@@H](O[C@H]3[C@@H](O)[C@@H](COS(=O)(=O)O)O[C@@H](Oc4ccc(OC)cc4)[C@@H]3OC(=O)c3ccccc3)[C@@H]2OC(=O)c2ccccc2)[C@H](OC(=O)c2ccccc2)[C@@H](OC(=O)c2ccccc2)[C@@H]1OC(=O)c1ccccc1. The number of aliphatic hydroxyl groups is 3. The Bertz CT molecular complexity index is 3420. The molecule has 3 fully saturated rings. The second-order valence-electron chi connectivity index (χ2n) is 19.6. The van der Waals surface area contributed by atoms with E-state index in [0.29, 0.717) is 5.75 Å². The van der Waals surface area contributed by atoms with Crippen LogP contribution in [0.4, 0.5) is 0 Å². The van der Waals surface area contributed by atoms with Gasteiger partial charge in [-0.2, -0.15) is 8.42 Å². The van der Waals surface area contributed by atoms with Crippen molar-refractivity contribution >= 4 is 46.2 Å². The number of carbonyl (C=O) groups is 6. The number of benzene rings is 6. The van der Waals surface area contributed by atoms with Crippen LogP contribution >= 0.6 is 0 Å². The van der Waals surface area contributed by atoms with Crippen LogP contribution in [-0.2, 0) is 71.5 Å². The van der Waals surface area contributed by atoms with E-state index in [0.717, 1.165) is 7.11 Å². The van der Waals surface area contributed by atoms with Crippen LogP contribution in [0, 0.1) is 0 Å². The number of rotatable bonds is 22. The molecule has 9 rings (SSSR count). The van der Waals surface area contributed by atoms with Crippen LogP contribution in [0.1, 0.15) is 51.8 Å². The van der Waals surface area contributed by atoms with E-state index in [2.05, 4.69) is 4.18 Å². The molecule has 464 valence electrons. The zero-order valence-electron chi connectivity index (χ0n) is 46.5. The van der Waals surface area contributed by atoms with Crippen LogP contribution in [0.2, 0.25) is 0 Å². The molecule has 3 saturated heterocycles. The lowest BCUT2D eigenvalue weighted by molar-refractivity contribution is -0.374. The Morgan fingerprint density at radius 3 is 1.16 bits per heavy atom. The largest absolute Gasteiger partial charge is 0.497 e. The van der Waals surface area contributed by atoms with Gasteiger partial charge in [0.2, 0.25) is 6.29 Å². The molecule has 15 atom stereocenters. The molecule has 3 aliphatic heterocycles. The molecular weight excluding hydrogens is 1180 g/mol. The van der Waals surface area contributed by atoms with Gasteiger partial charge in [0.05, 0.1) is 55.3 Å². The van der Waals surface area contributed by atoms with Gasteiger partial charge in [0, 0.05) is 0 Å². The Morgan fingerprint density at radius 2 is 0.773 bits per heavy atom. The third kappa shape index (κ3) is 15.7. The molecule has 0 unspecified atom stereocenters. The van der Waals surface area contributed by atoms with Gasteiger partial charge < -0.3 is 76.9 Å². The van der Waals surface area contributed by atoms with E-state index in [1.807, 2.05) is 0 Å². The topological polar surface area (TPSA) is 347 Å². The molecule has 88 heavy (non-hydrogen) atoms. The molecule has 4 N–H and O–H groups in total. The average molecular weight is 1240 g/mol. The molecule has 3 aliphatic rings. The molecular formula is C61H58O26S. The van der Waals surface area contributed by atoms with Crippen molar-refractivity contribution in [1.29, 1.82) is 0 Å². The van der Waals surface area contributed by atoms with Crippen LogP contribution in [0.15, 0.2) is 176 Å². The summed E-state index contributed by atoms with van der Waals surface area (Å²) in [5.74, 6) is -6.54. The lowest BCUT2D eigenvalue weighted by Crippen LogP contribution is -2.69. The summed E-state index contributed by atoms with van der Waals surface area (Å²) in [6, 6.07) is 42.3. The Balaban J connectivity index is 1.17. The first kappa shape index (κ1) is 63.8. The van der Waals surface area contributed by atoms with Crippen molar-refractivity contribution in [3.8, 4) is 11.5 Å². The van der Waals surface area contributed by atoms with Gasteiger partial charge in [0.1, 0.15) is 48.1 Å². The van der Waals surface area contributed by atoms with Crippen LogP contribution in [-0.4, -0.2) is 184 Å². The standard InChI is InChI=1S/C61H58O26S/c1-74-39-28-30-40(31-29-39)77-59-50(82-55(67)36-22-12-5-13-23-36)46(44(64)42(79-59)33-76-88(71,72)73)85-60-51(83-56(68)37-24-14-6-15-25-37)45(43(63)41(32-62)78-60)86-61-52(84-57(69)38-26-16-7-17-27-38)48(81-54(66)35-20-10-4-11-21-35)47(49(87-61)58(70)75-2)80-53(65)34-18-8-3-9-19-34/h3-31,41-52,59-64H,32-33H2,1-2H3,(H,71,72,73)/t41-,42-,43+,44+,45+,46+,47+,48+,49+,50-,51-,52-,59-,60+,61-/m1/s1. The maximum absolute atomic E-state index is 14.5. The van der Waals surface area contributed by atoms with Gasteiger partial charge in [-0.3, -0.25) is 4.55 Å². The summed E-state index contributed by atoms with van der Waals surface area (Å²) >= 11 is 0. The Kier molecular flexibility index (Phi) is 21.3. The molecule has 0 spiro atoms. The number of ether oxygens (including phenoxy) is 13. The highest BCUT2D eigenvalue weighted by Gasteiger charge is 2.60. The molecule has 0 aromatic heterocycles. The molecule has 6 aromatic carbocycles. The smallest absolute Gasteiger partial charge is 0.397 e. The molecule has 0 saturated carbocycles. The zero-order chi connectivity index (χ0) is 62.5. The van der Waals surface area contributed by atoms with Crippen molar-refractivity contribution in [2.45, 2.75) is 92.1 Å². The average Bonchev–Trinajstić information content (AvgIpc) is 1.16. The highest BCUT2D eigenvalue weighted by molar-refractivity contribution is 7.80. The minimum atomic E-state index is -5.27. The summed E-state index contributed by atoms with van der Waals surface area (Å²) in [5.41, 5.74) is -0.453. The molecule has 26 nitrogen and oxygen atoms in total. The van der Waals surface area contributed by atoms with Gasteiger partial charge >= 0.3 is 46.2 Å². The van der Waals surface area contributed by atoms with E-state index in [1.165, 1.54) is 153 Å². The van der Waals surface area contributed by atoms with Gasteiger partial charge in [-0.15, -0.1) is 0 Å². The highest BCUT2D eigenvalue weighted by Crippen LogP contribution is 2.39. The minimum absolute atomic E-state index is 0.00162. The lowest BCUT2D eigenvalue weighted by Gasteiger charge is -2.49. The highest BCUT2D eigenvalue weighted by atomic mass is 32.3. The molecule has 0 bridgehead atoms. The Labute approximate surface area is 502 Å². The number of methoxy groups -OCH3 is 2. The normalized spacial score (nSPS) is 26.9. The maximum Gasteiger partial charge on any atom is 0.397 e. The molecule has 6 aromatic rings. The molecule has 0 aliphatic carbocycles. The predicted octanol–water partition coefficient (Wildman–Crippen LogP) is 3.85. The summed E-state index contributed by atoms with van der Waals surface area (Å²) in [5, 5.41) is 35.7. The van der Waals surface area contributed by atoms with Gasteiger partial charge in [0.15, 0.2) is 49.2 Å². The Hall–Kier alpha value is -8.71. The fourth-order valence-electron chi connectivity index (χ4n) is 9.53. The fourth-order valence-corrected chi connectivity index (χ4v) is 9.84. The molecule has 0 amide bonds. The van der Waals surface area contributed by atoms with Gasteiger partial charge in [-0.1, -0.05) is 91.0 Å². The van der Waals surface area contributed by atoms with Crippen LogP contribution in [0.25, 0.3) is 0 Å². The van der Waals surface area contributed by atoms with E-state index in [-0.39, 0.29) is 33.6 Å².